The van der Waals surface area contributed by atoms with Crippen LogP contribution in [0.3, 0.4) is 0 Å². The van der Waals surface area contributed by atoms with E-state index in [-0.39, 0.29) is 11.8 Å². The molecule has 1 unspecified atom stereocenters. The van der Waals surface area contributed by atoms with Crippen molar-refractivity contribution in [2.45, 2.75) is 13.0 Å². The third-order valence-corrected chi connectivity index (χ3v) is 3.41. The number of rotatable bonds is 4. The number of halogens is 2. The van der Waals surface area contributed by atoms with Gasteiger partial charge in [-0.25, -0.2) is 4.39 Å². The Labute approximate surface area is 122 Å². The number of benzene rings is 2. The van der Waals surface area contributed by atoms with Gasteiger partial charge >= 0.3 is 0 Å². The molecule has 2 aromatic rings. The van der Waals surface area contributed by atoms with Crippen molar-refractivity contribution in [2.75, 3.05) is 18.2 Å². The zero-order valence-electron chi connectivity index (χ0n) is 11.3. The minimum absolute atomic E-state index is 0.0684. The molecule has 0 radical (unpaired) electrons. The molecular weight excluding hydrogens is 279 g/mol. The Morgan fingerprint density at radius 2 is 2.00 bits per heavy atom. The molecule has 0 aliphatic rings. The number of hydrogen-bond donors (Lipinski definition) is 2. The highest BCUT2D eigenvalue weighted by Gasteiger charge is 2.13. The van der Waals surface area contributed by atoms with Crippen LogP contribution in [-0.2, 0) is 0 Å². The van der Waals surface area contributed by atoms with Crippen LogP contribution in [0.2, 0.25) is 5.02 Å². The molecule has 2 rings (SSSR count). The molecule has 0 aromatic heterocycles. The fourth-order valence-electron chi connectivity index (χ4n) is 1.99. The predicted molar refractivity (Wildman–Crippen MR) is 80.9 cm³/mol. The average Bonchev–Trinajstić information content (AvgIpc) is 2.42. The van der Waals surface area contributed by atoms with Gasteiger partial charge in [0.15, 0.2) is 11.6 Å². The molecule has 0 saturated carbocycles. The van der Waals surface area contributed by atoms with E-state index >= 15 is 0 Å². The average molecular weight is 295 g/mol. The summed E-state index contributed by atoms with van der Waals surface area (Å²) in [6.45, 7) is 1.95. The maximum atomic E-state index is 13.5. The van der Waals surface area contributed by atoms with Gasteiger partial charge in [-0.2, -0.15) is 0 Å². The Hall–Kier alpha value is -1.94. The fraction of sp³-hybridized carbons (Fsp3) is 0.200. The minimum Gasteiger partial charge on any atom is -0.494 e. The summed E-state index contributed by atoms with van der Waals surface area (Å²) in [5, 5.41) is 3.88. The van der Waals surface area contributed by atoms with Crippen molar-refractivity contribution < 1.29 is 9.13 Å². The number of hydrogen-bond acceptors (Lipinski definition) is 3. The largest absolute Gasteiger partial charge is 0.494 e. The third kappa shape index (κ3) is 2.96. The summed E-state index contributed by atoms with van der Waals surface area (Å²) in [7, 11) is 1.41. The highest BCUT2D eigenvalue weighted by Crippen LogP contribution is 2.32. The molecule has 0 bridgehead atoms. The summed E-state index contributed by atoms with van der Waals surface area (Å²) in [5.41, 5.74) is 7.69. The molecule has 1 atom stereocenters. The predicted octanol–water partition coefficient (Wildman–Crippen LogP) is 4.24. The van der Waals surface area contributed by atoms with Gasteiger partial charge in [-0.05, 0) is 18.6 Å². The fourth-order valence-corrected chi connectivity index (χ4v) is 2.29. The second-order valence-corrected chi connectivity index (χ2v) is 4.87. The Bertz CT molecular complexity index is 619. The molecule has 0 fully saturated rings. The van der Waals surface area contributed by atoms with Gasteiger partial charge in [-0.15, -0.1) is 0 Å². The van der Waals surface area contributed by atoms with Crippen LogP contribution in [0.5, 0.6) is 5.75 Å². The molecule has 3 nitrogen and oxygen atoms in total. The van der Waals surface area contributed by atoms with Crippen LogP contribution in [0, 0.1) is 5.82 Å². The van der Waals surface area contributed by atoms with Crippen LogP contribution >= 0.6 is 11.6 Å². The first-order chi connectivity index (χ1) is 9.52. The van der Waals surface area contributed by atoms with Crippen LogP contribution in [0.4, 0.5) is 15.8 Å². The highest BCUT2D eigenvalue weighted by atomic mass is 35.5. The number of methoxy groups -OCH3 is 1. The van der Waals surface area contributed by atoms with Crippen LogP contribution < -0.4 is 15.8 Å². The van der Waals surface area contributed by atoms with E-state index in [1.807, 2.05) is 31.2 Å². The Kier molecular flexibility index (Phi) is 4.35. The second kappa shape index (κ2) is 6.01. The first kappa shape index (κ1) is 14.5. The molecule has 106 valence electrons. The van der Waals surface area contributed by atoms with Crippen LogP contribution in [-0.4, -0.2) is 7.11 Å². The summed E-state index contributed by atoms with van der Waals surface area (Å²) in [6.07, 6.45) is 0. The third-order valence-electron chi connectivity index (χ3n) is 3.07. The van der Waals surface area contributed by atoms with Gasteiger partial charge < -0.3 is 15.8 Å². The van der Waals surface area contributed by atoms with Crippen LogP contribution in [0.25, 0.3) is 0 Å². The number of nitrogen functional groups attached to an aromatic ring is 1. The molecule has 5 heteroatoms. The Balaban J connectivity index is 2.28. The summed E-state index contributed by atoms with van der Waals surface area (Å²) in [5.74, 6) is -0.339. The normalized spacial score (nSPS) is 12.0. The van der Waals surface area contributed by atoms with Crippen LogP contribution in [0.1, 0.15) is 18.5 Å². The zero-order chi connectivity index (χ0) is 14.7. The SMILES string of the molecule is COc1cc(NC(C)c2ccccc2Cl)c(N)cc1F. The lowest BCUT2D eigenvalue weighted by molar-refractivity contribution is 0.387. The summed E-state index contributed by atoms with van der Waals surface area (Å²) in [4.78, 5) is 0. The zero-order valence-corrected chi connectivity index (χ0v) is 12.0. The first-order valence-electron chi connectivity index (χ1n) is 6.17. The van der Waals surface area contributed by atoms with Crippen molar-refractivity contribution in [3.05, 3.63) is 52.8 Å². The van der Waals surface area contributed by atoms with Crippen molar-refractivity contribution in [1.29, 1.82) is 0 Å². The Morgan fingerprint density at radius 3 is 2.65 bits per heavy atom. The van der Waals surface area contributed by atoms with E-state index in [0.29, 0.717) is 16.4 Å². The van der Waals surface area contributed by atoms with Gasteiger partial charge in [0.05, 0.1) is 24.5 Å². The molecule has 0 aliphatic carbocycles. The standard InChI is InChI=1S/C15H16ClFN2O/c1-9(10-5-3-4-6-11(10)16)19-14-8-15(20-2)12(17)7-13(14)18/h3-9,19H,18H2,1-2H3. The number of anilines is 2. The molecule has 0 saturated heterocycles. The maximum Gasteiger partial charge on any atom is 0.167 e. The van der Waals surface area contributed by atoms with E-state index in [1.54, 1.807) is 0 Å². The molecule has 20 heavy (non-hydrogen) atoms. The quantitative estimate of drug-likeness (QED) is 0.829. The van der Waals surface area contributed by atoms with E-state index in [0.717, 1.165) is 5.56 Å². The van der Waals surface area contributed by atoms with Crippen molar-refractivity contribution in [2.24, 2.45) is 0 Å². The van der Waals surface area contributed by atoms with Gasteiger partial charge in [-0.3, -0.25) is 0 Å². The van der Waals surface area contributed by atoms with E-state index < -0.39 is 5.82 Å². The van der Waals surface area contributed by atoms with E-state index in [1.165, 1.54) is 19.2 Å². The van der Waals surface area contributed by atoms with Gasteiger partial charge in [0.2, 0.25) is 0 Å². The number of nitrogens with two attached hydrogens (primary N) is 1. The summed E-state index contributed by atoms with van der Waals surface area (Å²) < 4.78 is 18.5. The van der Waals surface area contributed by atoms with E-state index in [2.05, 4.69) is 5.32 Å². The molecular formula is C15H16ClFN2O. The minimum atomic E-state index is -0.485. The lowest BCUT2D eigenvalue weighted by Gasteiger charge is -2.19. The van der Waals surface area contributed by atoms with Gasteiger partial charge in [0, 0.05) is 17.2 Å². The molecule has 0 heterocycles. The molecule has 0 aliphatic heterocycles. The smallest absolute Gasteiger partial charge is 0.167 e. The molecule has 0 amide bonds. The molecule has 0 spiro atoms. The van der Waals surface area contributed by atoms with Crippen LogP contribution in [0.15, 0.2) is 36.4 Å². The van der Waals surface area contributed by atoms with Crippen molar-refractivity contribution in [3.63, 3.8) is 0 Å². The topological polar surface area (TPSA) is 47.3 Å². The number of ether oxygens (including phenoxy) is 1. The van der Waals surface area contributed by atoms with Gasteiger partial charge in [0.1, 0.15) is 0 Å². The summed E-state index contributed by atoms with van der Waals surface area (Å²) in [6, 6.07) is 10.2. The molecule has 2 aromatic carbocycles. The van der Waals surface area contributed by atoms with Crippen molar-refractivity contribution in [3.8, 4) is 5.75 Å². The summed E-state index contributed by atoms with van der Waals surface area (Å²) >= 11 is 6.15. The van der Waals surface area contributed by atoms with Crippen molar-refractivity contribution in [1.82, 2.24) is 0 Å². The monoisotopic (exact) mass is 294 g/mol. The van der Waals surface area contributed by atoms with E-state index in [9.17, 15) is 4.39 Å². The number of nitrogens with one attached hydrogen (secondary N) is 1. The van der Waals surface area contributed by atoms with Gasteiger partial charge in [0.25, 0.3) is 0 Å². The molecule has 3 N–H and O–H groups in total. The lowest BCUT2D eigenvalue weighted by atomic mass is 10.1. The van der Waals surface area contributed by atoms with E-state index in [4.69, 9.17) is 22.1 Å². The maximum absolute atomic E-state index is 13.5. The second-order valence-electron chi connectivity index (χ2n) is 4.46. The van der Waals surface area contributed by atoms with Gasteiger partial charge in [-0.1, -0.05) is 29.8 Å². The Morgan fingerprint density at radius 1 is 1.30 bits per heavy atom. The highest BCUT2D eigenvalue weighted by molar-refractivity contribution is 6.31. The first-order valence-corrected chi connectivity index (χ1v) is 6.54. The van der Waals surface area contributed by atoms with Crippen molar-refractivity contribution >= 4 is 23.0 Å². The lowest BCUT2D eigenvalue weighted by Crippen LogP contribution is -2.09.